The van der Waals surface area contributed by atoms with Gasteiger partial charge in [0.15, 0.2) is 5.76 Å². The summed E-state index contributed by atoms with van der Waals surface area (Å²) in [5.41, 5.74) is 1.16. The van der Waals surface area contributed by atoms with Crippen molar-refractivity contribution < 1.29 is 13.9 Å². The summed E-state index contributed by atoms with van der Waals surface area (Å²) in [6, 6.07) is 14.0. The van der Waals surface area contributed by atoms with Crippen LogP contribution in [0.15, 0.2) is 64.0 Å². The Kier molecular flexibility index (Phi) is 5.71. The Bertz CT molecular complexity index is 963. The second-order valence-corrected chi connectivity index (χ2v) is 6.15. The molecule has 0 fully saturated rings. The van der Waals surface area contributed by atoms with Crippen LogP contribution in [0.3, 0.4) is 0 Å². The molecule has 0 saturated carbocycles. The molecule has 0 aliphatic carbocycles. The number of para-hydroxylation sites is 1. The Morgan fingerprint density at radius 3 is 2.78 bits per heavy atom. The molecule has 2 aromatic heterocycles. The van der Waals surface area contributed by atoms with Crippen molar-refractivity contribution in [2.45, 2.75) is 20.0 Å². The number of nitrogens with zero attached hydrogens (tertiary/aromatic N) is 2. The Balaban J connectivity index is 1.66. The average molecular weight is 367 g/mol. The molecule has 0 aliphatic heterocycles. The van der Waals surface area contributed by atoms with Crippen LogP contribution < -0.4 is 15.6 Å². The Morgan fingerprint density at radius 2 is 2.04 bits per heavy atom. The van der Waals surface area contributed by atoms with E-state index in [9.17, 15) is 9.59 Å². The van der Waals surface area contributed by atoms with Crippen LogP contribution in [0, 0.1) is 5.92 Å². The third kappa shape index (κ3) is 4.44. The first kappa shape index (κ1) is 18.4. The van der Waals surface area contributed by atoms with Crippen molar-refractivity contribution >= 4 is 5.91 Å². The Labute approximate surface area is 156 Å². The number of aromatic nitrogens is 2. The Morgan fingerprint density at radius 1 is 1.22 bits per heavy atom. The summed E-state index contributed by atoms with van der Waals surface area (Å²) in [6.07, 6.45) is 1.54. The first-order valence-electron chi connectivity index (χ1n) is 8.60. The molecule has 2 heterocycles. The zero-order chi connectivity index (χ0) is 19.2. The molecule has 0 saturated heterocycles. The normalized spacial score (nSPS) is 11.8. The molecule has 7 nitrogen and oxygen atoms in total. The van der Waals surface area contributed by atoms with Gasteiger partial charge in [-0.2, -0.15) is 5.10 Å². The summed E-state index contributed by atoms with van der Waals surface area (Å²) in [7, 11) is 1.59. The first-order chi connectivity index (χ1) is 13.1. The van der Waals surface area contributed by atoms with Crippen molar-refractivity contribution in [2.24, 2.45) is 5.92 Å². The van der Waals surface area contributed by atoms with E-state index in [1.807, 2.05) is 24.3 Å². The zero-order valence-corrected chi connectivity index (χ0v) is 15.2. The van der Waals surface area contributed by atoms with Gasteiger partial charge in [0.2, 0.25) is 5.91 Å². The van der Waals surface area contributed by atoms with Gasteiger partial charge in [0, 0.05) is 18.2 Å². The minimum atomic E-state index is -0.434. The number of carbonyl (C=O) groups excluding carboxylic acids is 1. The quantitative estimate of drug-likeness (QED) is 0.693. The number of hydrogen-bond acceptors (Lipinski definition) is 5. The van der Waals surface area contributed by atoms with Crippen LogP contribution in [0.25, 0.3) is 11.5 Å². The van der Waals surface area contributed by atoms with Crippen LogP contribution in [0.5, 0.6) is 5.75 Å². The van der Waals surface area contributed by atoms with E-state index < -0.39 is 5.92 Å². The average Bonchev–Trinajstić information content (AvgIpc) is 3.22. The van der Waals surface area contributed by atoms with Crippen LogP contribution in [-0.2, 0) is 17.9 Å². The van der Waals surface area contributed by atoms with Crippen molar-refractivity contribution in [1.82, 2.24) is 15.1 Å². The molecule has 1 amide bonds. The number of nitrogens with one attached hydrogen (secondary N) is 1. The van der Waals surface area contributed by atoms with Crippen molar-refractivity contribution in [3.8, 4) is 17.2 Å². The molecular weight excluding hydrogens is 346 g/mol. The van der Waals surface area contributed by atoms with E-state index in [-0.39, 0.29) is 18.0 Å². The summed E-state index contributed by atoms with van der Waals surface area (Å²) in [4.78, 5) is 24.5. The van der Waals surface area contributed by atoms with Gasteiger partial charge in [0.25, 0.3) is 5.56 Å². The molecule has 3 aromatic rings. The van der Waals surface area contributed by atoms with E-state index in [0.29, 0.717) is 18.0 Å². The summed E-state index contributed by atoms with van der Waals surface area (Å²) in [5, 5.41) is 7.17. The van der Waals surface area contributed by atoms with Gasteiger partial charge in [-0.3, -0.25) is 9.59 Å². The van der Waals surface area contributed by atoms with E-state index >= 15 is 0 Å². The lowest BCUT2D eigenvalue weighted by atomic mass is 10.1. The molecule has 140 valence electrons. The smallest absolute Gasteiger partial charge is 0.266 e. The molecule has 1 N–H and O–H groups in total. The number of carbonyl (C=O) groups is 1. The van der Waals surface area contributed by atoms with Gasteiger partial charge in [-0.05, 0) is 24.3 Å². The molecule has 0 radical (unpaired) electrons. The molecule has 1 aromatic carbocycles. The third-order valence-corrected chi connectivity index (χ3v) is 4.18. The highest BCUT2D eigenvalue weighted by atomic mass is 16.5. The monoisotopic (exact) mass is 367 g/mol. The lowest BCUT2D eigenvalue weighted by molar-refractivity contribution is -0.125. The fourth-order valence-electron chi connectivity index (χ4n) is 2.68. The number of hydrogen-bond donors (Lipinski definition) is 1. The summed E-state index contributed by atoms with van der Waals surface area (Å²) in [6.45, 7) is 2.28. The molecule has 0 spiro atoms. The molecule has 27 heavy (non-hydrogen) atoms. The van der Waals surface area contributed by atoms with Crippen LogP contribution in [0.2, 0.25) is 0 Å². The second kappa shape index (κ2) is 8.35. The topological polar surface area (TPSA) is 86.4 Å². The number of methoxy groups -OCH3 is 1. The van der Waals surface area contributed by atoms with Gasteiger partial charge in [-0.25, -0.2) is 4.68 Å². The van der Waals surface area contributed by atoms with Gasteiger partial charge in [-0.15, -0.1) is 0 Å². The van der Waals surface area contributed by atoms with Crippen LogP contribution in [0.4, 0.5) is 0 Å². The summed E-state index contributed by atoms with van der Waals surface area (Å²) in [5.74, 6) is 0.682. The van der Waals surface area contributed by atoms with E-state index in [0.717, 1.165) is 11.3 Å². The van der Waals surface area contributed by atoms with Gasteiger partial charge < -0.3 is 14.5 Å². The fraction of sp³-hybridized carbons (Fsp3) is 0.250. The number of amides is 1. The van der Waals surface area contributed by atoms with Gasteiger partial charge >= 0.3 is 0 Å². The molecule has 1 atom stereocenters. The number of ether oxygens (including phenoxy) is 1. The van der Waals surface area contributed by atoms with E-state index in [2.05, 4.69) is 10.4 Å². The van der Waals surface area contributed by atoms with E-state index in [1.54, 1.807) is 38.5 Å². The van der Waals surface area contributed by atoms with Gasteiger partial charge in [-0.1, -0.05) is 25.1 Å². The second-order valence-electron chi connectivity index (χ2n) is 6.15. The van der Waals surface area contributed by atoms with Crippen molar-refractivity contribution in [3.63, 3.8) is 0 Å². The first-order valence-corrected chi connectivity index (χ1v) is 8.60. The van der Waals surface area contributed by atoms with Crippen molar-refractivity contribution in [1.29, 1.82) is 0 Å². The molecule has 0 bridgehead atoms. The number of furan rings is 1. The van der Waals surface area contributed by atoms with E-state index in [1.165, 1.54) is 10.7 Å². The summed E-state index contributed by atoms with van der Waals surface area (Å²) < 4.78 is 11.9. The van der Waals surface area contributed by atoms with Gasteiger partial charge in [0.1, 0.15) is 11.4 Å². The van der Waals surface area contributed by atoms with Crippen LogP contribution in [0.1, 0.15) is 12.5 Å². The molecule has 3 rings (SSSR count). The maximum atomic E-state index is 12.4. The predicted octanol–water partition coefficient (Wildman–Crippen LogP) is 2.46. The largest absolute Gasteiger partial charge is 0.496 e. The molecule has 1 unspecified atom stereocenters. The molecule has 7 heteroatoms. The minimum Gasteiger partial charge on any atom is -0.496 e. The number of benzene rings is 1. The highest BCUT2D eigenvalue weighted by Gasteiger charge is 2.16. The standard InChI is InChI=1S/C20H21N3O4/c1-14(20(25)21-12-15-6-3-4-7-17(15)26-2)13-23-19(24)10-9-16(22-23)18-8-5-11-27-18/h3-11,14H,12-13H2,1-2H3,(H,21,25). The molecule has 0 aliphatic rings. The van der Waals surface area contributed by atoms with Crippen LogP contribution >= 0.6 is 0 Å². The minimum absolute atomic E-state index is 0.169. The lowest BCUT2D eigenvalue weighted by Gasteiger charge is -2.14. The SMILES string of the molecule is COc1ccccc1CNC(=O)C(C)Cn1nc(-c2ccco2)ccc1=O. The lowest BCUT2D eigenvalue weighted by Crippen LogP contribution is -2.34. The predicted molar refractivity (Wildman–Crippen MR) is 100 cm³/mol. The highest BCUT2D eigenvalue weighted by molar-refractivity contribution is 5.78. The third-order valence-electron chi connectivity index (χ3n) is 4.18. The van der Waals surface area contributed by atoms with Gasteiger partial charge in [0.05, 0.1) is 25.8 Å². The zero-order valence-electron chi connectivity index (χ0n) is 15.2. The molecular formula is C20H21N3O4. The summed E-state index contributed by atoms with van der Waals surface area (Å²) >= 11 is 0. The Hall–Kier alpha value is -3.35. The number of rotatable bonds is 7. The highest BCUT2D eigenvalue weighted by Crippen LogP contribution is 2.17. The van der Waals surface area contributed by atoms with Crippen molar-refractivity contribution in [3.05, 3.63) is 70.7 Å². The van der Waals surface area contributed by atoms with Crippen LogP contribution in [-0.4, -0.2) is 22.8 Å². The maximum absolute atomic E-state index is 12.4. The van der Waals surface area contributed by atoms with Crippen molar-refractivity contribution in [2.75, 3.05) is 7.11 Å². The maximum Gasteiger partial charge on any atom is 0.266 e. The van der Waals surface area contributed by atoms with E-state index in [4.69, 9.17) is 9.15 Å². The fourth-order valence-corrected chi connectivity index (χ4v) is 2.68.